The summed E-state index contributed by atoms with van der Waals surface area (Å²) in [5, 5.41) is 13.1. The number of benzene rings is 1. The average Bonchev–Trinajstić information content (AvgIpc) is 3.50. The van der Waals surface area contributed by atoms with Gasteiger partial charge in [0.05, 0.1) is 12.4 Å². The van der Waals surface area contributed by atoms with Gasteiger partial charge >= 0.3 is 5.97 Å². The van der Waals surface area contributed by atoms with E-state index in [0.29, 0.717) is 17.0 Å². The van der Waals surface area contributed by atoms with Crippen LogP contribution >= 0.6 is 0 Å². The van der Waals surface area contributed by atoms with E-state index >= 15 is 0 Å². The van der Waals surface area contributed by atoms with Crippen LogP contribution in [0.3, 0.4) is 0 Å². The molecule has 5 atom stereocenters. The zero-order valence-electron chi connectivity index (χ0n) is 17.6. The van der Waals surface area contributed by atoms with Crippen LogP contribution < -0.4 is 5.32 Å². The molecule has 2 aromatic heterocycles. The highest BCUT2D eigenvalue weighted by Gasteiger charge is 2.58. The highest BCUT2D eigenvalue weighted by Crippen LogP contribution is 2.44. The number of carboxylic acid groups (broad SMARTS) is 1. The maximum absolute atomic E-state index is 11.8. The van der Waals surface area contributed by atoms with E-state index < -0.39 is 36.3 Å². The molecule has 32 heavy (non-hydrogen) atoms. The fourth-order valence-corrected chi connectivity index (χ4v) is 5.02. The van der Waals surface area contributed by atoms with Gasteiger partial charge in [-0.1, -0.05) is 24.3 Å². The van der Waals surface area contributed by atoms with E-state index in [4.69, 9.17) is 14.2 Å². The summed E-state index contributed by atoms with van der Waals surface area (Å²) < 4.78 is 19.4. The Morgan fingerprint density at radius 2 is 2.00 bits per heavy atom. The largest absolute Gasteiger partial charge is 0.479 e. The molecule has 1 aromatic carbocycles. The lowest BCUT2D eigenvalue weighted by Gasteiger charge is -2.23. The Kier molecular flexibility index (Phi) is 4.26. The van der Waals surface area contributed by atoms with Crippen molar-refractivity contribution in [1.82, 2.24) is 19.5 Å². The minimum atomic E-state index is -1.14. The number of ether oxygens (including phenoxy) is 3. The highest BCUT2D eigenvalue weighted by atomic mass is 16.8. The fourth-order valence-electron chi connectivity index (χ4n) is 5.02. The van der Waals surface area contributed by atoms with Crippen LogP contribution in [0.15, 0.2) is 36.9 Å². The van der Waals surface area contributed by atoms with Gasteiger partial charge in [0, 0.05) is 0 Å². The predicted molar refractivity (Wildman–Crippen MR) is 112 cm³/mol. The number of carbonyl (C=O) groups is 1. The Morgan fingerprint density at radius 1 is 1.19 bits per heavy atom. The van der Waals surface area contributed by atoms with Crippen molar-refractivity contribution < 1.29 is 24.1 Å². The number of nitrogens with one attached hydrogen (secondary N) is 1. The van der Waals surface area contributed by atoms with E-state index in [-0.39, 0.29) is 6.04 Å². The van der Waals surface area contributed by atoms with Crippen molar-refractivity contribution in [2.45, 2.75) is 63.1 Å². The summed E-state index contributed by atoms with van der Waals surface area (Å²) in [5.41, 5.74) is 3.74. The molecule has 0 amide bonds. The van der Waals surface area contributed by atoms with Gasteiger partial charge in [-0.3, -0.25) is 4.57 Å². The molecule has 0 saturated carbocycles. The number of aryl methyl sites for hydroxylation is 1. The molecular weight excluding hydrogens is 414 g/mol. The zero-order chi connectivity index (χ0) is 22.0. The summed E-state index contributed by atoms with van der Waals surface area (Å²) in [6, 6.07) is 8.53. The molecule has 3 aromatic rings. The number of anilines is 1. The van der Waals surface area contributed by atoms with Crippen molar-refractivity contribution in [3.8, 4) is 0 Å². The van der Waals surface area contributed by atoms with Gasteiger partial charge in [-0.15, -0.1) is 0 Å². The summed E-state index contributed by atoms with van der Waals surface area (Å²) in [7, 11) is 0. The number of imidazole rings is 1. The van der Waals surface area contributed by atoms with E-state index in [1.165, 1.54) is 17.5 Å². The molecule has 2 saturated heterocycles. The van der Waals surface area contributed by atoms with Crippen LogP contribution in [-0.4, -0.2) is 54.7 Å². The Labute approximate surface area is 183 Å². The smallest absolute Gasteiger partial charge is 0.335 e. The number of nitrogens with zero attached hydrogens (tertiary/aromatic N) is 4. The van der Waals surface area contributed by atoms with Gasteiger partial charge in [-0.05, 0) is 37.8 Å². The maximum atomic E-state index is 11.8. The van der Waals surface area contributed by atoms with Gasteiger partial charge in [0.2, 0.25) is 0 Å². The predicted octanol–water partition coefficient (Wildman–Crippen LogP) is 2.43. The number of hydrogen-bond donors (Lipinski definition) is 2. The molecule has 1 unspecified atom stereocenters. The molecule has 1 aliphatic carbocycles. The lowest BCUT2D eigenvalue weighted by atomic mass is 10.1. The van der Waals surface area contributed by atoms with Crippen LogP contribution in [0.5, 0.6) is 0 Å². The molecule has 10 nitrogen and oxygen atoms in total. The summed E-state index contributed by atoms with van der Waals surface area (Å²) in [6.45, 7) is 3.52. The molecule has 166 valence electrons. The van der Waals surface area contributed by atoms with Crippen LogP contribution in [-0.2, 0) is 25.4 Å². The molecule has 0 radical (unpaired) electrons. The van der Waals surface area contributed by atoms with Gasteiger partial charge in [0.1, 0.15) is 18.5 Å². The van der Waals surface area contributed by atoms with E-state index in [1.54, 1.807) is 24.7 Å². The third-order valence-electron chi connectivity index (χ3n) is 6.35. The molecule has 4 heterocycles. The van der Waals surface area contributed by atoms with Gasteiger partial charge in [-0.2, -0.15) is 0 Å². The maximum Gasteiger partial charge on any atom is 0.335 e. The van der Waals surface area contributed by atoms with E-state index in [9.17, 15) is 9.90 Å². The Bertz CT molecular complexity index is 1210. The van der Waals surface area contributed by atoms with Crippen molar-refractivity contribution in [2.24, 2.45) is 0 Å². The average molecular weight is 437 g/mol. The van der Waals surface area contributed by atoms with Gasteiger partial charge in [-0.25, -0.2) is 19.7 Å². The van der Waals surface area contributed by atoms with Crippen molar-refractivity contribution >= 4 is 23.0 Å². The van der Waals surface area contributed by atoms with Crippen LogP contribution in [0, 0.1) is 0 Å². The number of fused-ring (bicyclic) bond motifs is 3. The van der Waals surface area contributed by atoms with E-state index in [2.05, 4.69) is 38.5 Å². The molecule has 10 heteroatoms. The standard InChI is InChI=1S/C22H23N5O5/c1-22(2)31-15-16(32-22)20(30-17(15)21(28)29)27-10-25-14-18(23-9-24-19(14)27)26-13-8-7-11-5-3-4-6-12(11)13/h3-6,9-10,13,15-17,20H,7-8H2,1-2H3,(H,28,29)(H,23,24,26)/t13-,15-,16-,17?,20-/m0/s1. The van der Waals surface area contributed by atoms with Crippen molar-refractivity contribution in [3.63, 3.8) is 0 Å². The third kappa shape index (κ3) is 2.98. The molecule has 2 N–H and O–H groups in total. The molecule has 6 rings (SSSR count). The first-order chi connectivity index (χ1) is 15.4. The SMILES string of the molecule is CC1(C)O[C@H]2[C@H](O1)C(C(=O)O)O[C@@H]2n1cnc2c(N[C@H]3CCc4ccccc43)ncnc21. The first-order valence-corrected chi connectivity index (χ1v) is 10.7. The second-order valence-electron chi connectivity index (χ2n) is 8.83. The Hall–Kier alpha value is -3.08. The summed E-state index contributed by atoms with van der Waals surface area (Å²) in [4.78, 5) is 25.1. The van der Waals surface area contributed by atoms with Crippen LogP contribution in [0.1, 0.15) is 43.7 Å². The first-order valence-electron chi connectivity index (χ1n) is 10.7. The molecular formula is C22H23N5O5. The quantitative estimate of drug-likeness (QED) is 0.634. The number of aliphatic carboxylic acids is 1. The number of hydrogen-bond acceptors (Lipinski definition) is 8. The zero-order valence-corrected chi connectivity index (χ0v) is 17.6. The van der Waals surface area contributed by atoms with E-state index in [0.717, 1.165) is 12.8 Å². The monoisotopic (exact) mass is 437 g/mol. The Morgan fingerprint density at radius 3 is 2.84 bits per heavy atom. The summed E-state index contributed by atoms with van der Waals surface area (Å²) >= 11 is 0. The van der Waals surface area contributed by atoms with Crippen molar-refractivity contribution in [2.75, 3.05) is 5.32 Å². The highest BCUT2D eigenvalue weighted by molar-refractivity contribution is 5.83. The van der Waals surface area contributed by atoms with Crippen LogP contribution in [0.4, 0.5) is 5.82 Å². The molecule has 0 bridgehead atoms. The third-order valence-corrected chi connectivity index (χ3v) is 6.35. The summed E-state index contributed by atoms with van der Waals surface area (Å²) in [6.07, 6.45) is 1.85. The molecule has 0 spiro atoms. The van der Waals surface area contributed by atoms with Crippen LogP contribution in [0.2, 0.25) is 0 Å². The first kappa shape index (κ1) is 19.6. The van der Waals surface area contributed by atoms with Gasteiger partial charge < -0.3 is 24.6 Å². The lowest BCUT2D eigenvalue weighted by Crippen LogP contribution is -2.35. The second kappa shape index (κ2) is 6.96. The summed E-state index contributed by atoms with van der Waals surface area (Å²) in [5.74, 6) is -1.37. The lowest BCUT2D eigenvalue weighted by molar-refractivity contribution is -0.202. The number of aromatic nitrogens is 4. The Balaban J connectivity index is 1.34. The van der Waals surface area contributed by atoms with Crippen molar-refractivity contribution in [3.05, 3.63) is 48.0 Å². The number of carboxylic acids is 1. The van der Waals surface area contributed by atoms with Gasteiger partial charge in [0.15, 0.2) is 35.1 Å². The van der Waals surface area contributed by atoms with Crippen molar-refractivity contribution in [1.29, 1.82) is 0 Å². The minimum Gasteiger partial charge on any atom is -0.479 e. The topological polar surface area (TPSA) is 121 Å². The van der Waals surface area contributed by atoms with Gasteiger partial charge in [0.25, 0.3) is 0 Å². The second-order valence-corrected chi connectivity index (χ2v) is 8.83. The molecule has 3 aliphatic rings. The molecule has 2 aliphatic heterocycles. The normalized spacial score (nSPS) is 30.4. The molecule has 2 fully saturated rings. The number of rotatable bonds is 4. The fraction of sp³-hybridized carbons (Fsp3) is 0.455. The van der Waals surface area contributed by atoms with Crippen LogP contribution in [0.25, 0.3) is 11.2 Å². The van der Waals surface area contributed by atoms with E-state index in [1.807, 2.05) is 6.07 Å². The minimum absolute atomic E-state index is 0.144.